The van der Waals surface area contributed by atoms with Crippen molar-refractivity contribution in [3.8, 4) is 0 Å². The summed E-state index contributed by atoms with van der Waals surface area (Å²) >= 11 is 0. The van der Waals surface area contributed by atoms with Crippen molar-refractivity contribution in [2.45, 2.75) is 25.7 Å². The molecule has 0 aliphatic rings. The van der Waals surface area contributed by atoms with E-state index in [9.17, 15) is 8.42 Å². The zero-order valence-electron chi connectivity index (χ0n) is 12.5. The molecule has 1 unspecified atom stereocenters. The third kappa shape index (κ3) is 3.33. The summed E-state index contributed by atoms with van der Waals surface area (Å²) in [5.74, 6) is 0.668. The average Bonchev–Trinajstić information content (AvgIpc) is 2.45. The van der Waals surface area contributed by atoms with Crippen LogP contribution in [-0.4, -0.2) is 19.9 Å². The number of nitrogens with two attached hydrogens (primary N) is 1. The number of rotatable bonds is 5. The van der Waals surface area contributed by atoms with E-state index in [0.29, 0.717) is 29.1 Å². The van der Waals surface area contributed by atoms with Crippen LogP contribution >= 0.6 is 0 Å². The molecule has 1 aromatic heterocycles. The van der Waals surface area contributed by atoms with Crippen LogP contribution in [0, 0.1) is 11.8 Å². The third-order valence-electron chi connectivity index (χ3n) is 3.79. The Morgan fingerprint density at radius 1 is 1.24 bits per heavy atom. The Bertz CT molecular complexity index is 742. The molecule has 6 heteroatoms. The molecule has 0 saturated heterocycles. The van der Waals surface area contributed by atoms with Gasteiger partial charge in [-0.3, -0.25) is 4.98 Å². The Labute approximate surface area is 125 Å². The molecule has 1 heterocycles. The van der Waals surface area contributed by atoms with E-state index in [1.807, 2.05) is 6.92 Å². The number of anilines is 1. The van der Waals surface area contributed by atoms with E-state index in [2.05, 4.69) is 23.6 Å². The molecule has 0 aliphatic heterocycles. The zero-order chi connectivity index (χ0) is 15.6. The first-order valence-electron chi connectivity index (χ1n) is 6.96. The molecule has 0 fully saturated rings. The van der Waals surface area contributed by atoms with Crippen LogP contribution in [0.5, 0.6) is 0 Å². The second kappa shape index (κ2) is 5.99. The van der Waals surface area contributed by atoms with Gasteiger partial charge < -0.3 is 5.73 Å². The first-order valence-corrected chi connectivity index (χ1v) is 8.44. The van der Waals surface area contributed by atoms with E-state index in [0.717, 1.165) is 0 Å². The molecule has 0 aliphatic carbocycles. The molecule has 0 amide bonds. The van der Waals surface area contributed by atoms with Crippen LogP contribution in [0.15, 0.2) is 35.4 Å². The van der Waals surface area contributed by atoms with Gasteiger partial charge in [-0.1, -0.05) is 20.8 Å². The summed E-state index contributed by atoms with van der Waals surface area (Å²) in [6, 6.07) is 6.62. The number of pyridine rings is 1. The van der Waals surface area contributed by atoms with Crippen LogP contribution in [0.1, 0.15) is 20.8 Å². The molecule has 0 radical (unpaired) electrons. The lowest BCUT2D eigenvalue weighted by atomic mass is 9.99. The number of hydrogen-bond acceptors (Lipinski definition) is 4. The summed E-state index contributed by atoms with van der Waals surface area (Å²) in [5, 5.41) is 0.650. The minimum atomic E-state index is -3.60. The quantitative estimate of drug-likeness (QED) is 0.831. The van der Waals surface area contributed by atoms with E-state index < -0.39 is 10.0 Å². The van der Waals surface area contributed by atoms with E-state index in [1.54, 1.807) is 24.4 Å². The molecule has 5 nitrogen and oxygen atoms in total. The highest BCUT2D eigenvalue weighted by Gasteiger charge is 2.20. The van der Waals surface area contributed by atoms with Gasteiger partial charge in [-0.25, -0.2) is 13.1 Å². The second-order valence-electron chi connectivity index (χ2n) is 5.63. The fourth-order valence-electron chi connectivity index (χ4n) is 1.94. The van der Waals surface area contributed by atoms with Crippen molar-refractivity contribution in [2.24, 2.45) is 11.8 Å². The van der Waals surface area contributed by atoms with Crippen molar-refractivity contribution in [3.63, 3.8) is 0 Å². The maximum atomic E-state index is 12.5. The molecule has 0 bridgehead atoms. The summed E-state index contributed by atoms with van der Waals surface area (Å²) in [5.41, 5.74) is 6.80. The van der Waals surface area contributed by atoms with E-state index in [4.69, 9.17) is 5.73 Å². The number of nitrogen functional groups attached to an aromatic ring is 1. The summed E-state index contributed by atoms with van der Waals surface area (Å²) in [6.07, 6.45) is 1.57. The molecule has 1 aromatic carbocycles. The lowest BCUT2D eigenvalue weighted by molar-refractivity contribution is 0.415. The lowest BCUT2D eigenvalue weighted by Crippen LogP contribution is -2.30. The molecule has 2 aromatic rings. The van der Waals surface area contributed by atoms with Crippen LogP contribution in [-0.2, 0) is 10.0 Å². The van der Waals surface area contributed by atoms with Gasteiger partial charge in [0.1, 0.15) is 4.90 Å². The number of nitrogens with one attached hydrogen (secondary N) is 1. The number of aromatic nitrogens is 1. The highest BCUT2D eigenvalue weighted by Crippen LogP contribution is 2.25. The van der Waals surface area contributed by atoms with Gasteiger partial charge in [-0.05, 0) is 36.1 Å². The molecule has 0 saturated carbocycles. The molecule has 1 atom stereocenters. The standard InChI is InChI=1S/C15H21N3O2S/c1-10(2)11(3)9-18-21(19,20)14-7-6-13(16)12-5-4-8-17-15(12)14/h4-8,10-11,18H,9,16H2,1-3H3. The Morgan fingerprint density at radius 3 is 2.62 bits per heavy atom. The van der Waals surface area contributed by atoms with Crippen molar-refractivity contribution < 1.29 is 8.42 Å². The summed E-state index contributed by atoms with van der Waals surface area (Å²) < 4.78 is 27.6. The Balaban J connectivity index is 2.39. The predicted octanol–water partition coefficient (Wildman–Crippen LogP) is 2.39. The van der Waals surface area contributed by atoms with Crippen LogP contribution in [0.3, 0.4) is 0 Å². The molecular formula is C15H21N3O2S. The molecular weight excluding hydrogens is 286 g/mol. The van der Waals surface area contributed by atoms with Gasteiger partial charge in [0.25, 0.3) is 0 Å². The molecule has 21 heavy (non-hydrogen) atoms. The fraction of sp³-hybridized carbons (Fsp3) is 0.400. The number of hydrogen-bond donors (Lipinski definition) is 2. The largest absolute Gasteiger partial charge is 0.398 e. The molecule has 2 rings (SSSR count). The van der Waals surface area contributed by atoms with Gasteiger partial charge in [0, 0.05) is 23.8 Å². The third-order valence-corrected chi connectivity index (χ3v) is 5.24. The summed E-state index contributed by atoms with van der Waals surface area (Å²) in [4.78, 5) is 4.34. The van der Waals surface area contributed by atoms with Crippen LogP contribution in [0.4, 0.5) is 5.69 Å². The van der Waals surface area contributed by atoms with Gasteiger partial charge in [0.15, 0.2) is 0 Å². The maximum absolute atomic E-state index is 12.5. The van der Waals surface area contributed by atoms with Crippen molar-refractivity contribution in [1.82, 2.24) is 9.71 Å². The summed E-state index contributed by atoms with van der Waals surface area (Å²) in [6.45, 7) is 6.56. The molecule has 114 valence electrons. The monoisotopic (exact) mass is 307 g/mol. The second-order valence-corrected chi connectivity index (χ2v) is 7.36. The first kappa shape index (κ1) is 15.7. The van der Waals surface area contributed by atoms with Crippen molar-refractivity contribution >= 4 is 26.6 Å². The smallest absolute Gasteiger partial charge is 0.242 e. The van der Waals surface area contributed by atoms with Crippen molar-refractivity contribution in [3.05, 3.63) is 30.5 Å². The SMILES string of the molecule is CC(C)C(C)CNS(=O)(=O)c1ccc(N)c2cccnc12. The minimum Gasteiger partial charge on any atom is -0.398 e. The highest BCUT2D eigenvalue weighted by atomic mass is 32.2. The molecule has 0 spiro atoms. The topological polar surface area (TPSA) is 85.1 Å². The summed E-state index contributed by atoms with van der Waals surface area (Å²) in [7, 11) is -3.60. The zero-order valence-corrected chi connectivity index (χ0v) is 13.3. The van der Waals surface area contributed by atoms with Gasteiger partial charge in [0.05, 0.1) is 5.52 Å². The number of fused-ring (bicyclic) bond motifs is 1. The number of sulfonamides is 1. The minimum absolute atomic E-state index is 0.170. The van der Waals surface area contributed by atoms with Crippen LogP contribution in [0.2, 0.25) is 0 Å². The predicted molar refractivity (Wildman–Crippen MR) is 85.3 cm³/mol. The first-order chi connectivity index (χ1) is 9.83. The Kier molecular flexibility index (Phi) is 4.49. The highest BCUT2D eigenvalue weighted by molar-refractivity contribution is 7.89. The lowest BCUT2D eigenvalue weighted by Gasteiger charge is -2.16. The van der Waals surface area contributed by atoms with Crippen molar-refractivity contribution in [1.29, 1.82) is 0 Å². The number of benzene rings is 1. The van der Waals surface area contributed by atoms with Gasteiger partial charge in [0.2, 0.25) is 10.0 Å². The van der Waals surface area contributed by atoms with Gasteiger partial charge in [-0.2, -0.15) is 0 Å². The van der Waals surface area contributed by atoms with Crippen LogP contribution in [0.25, 0.3) is 10.9 Å². The Hall–Kier alpha value is -1.66. The van der Waals surface area contributed by atoms with E-state index in [-0.39, 0.29) is 10.8 Å². The Morgan fingerprint density at radius 2 is 1.95 bits per heavy atom. The van der Waals surface area contributed by atoms with Gasteiger partial charge >= 0.3 is 0 Å². The van der Waals surface area contributed by atoms with Gasteiger partial charge in [-0.15, -0.1) is 0 Å². The molecule has 3 N–H and O–H groups in total. The van der Waals surface area contributed by atoms with Crippen LogP contribution < -0.4 is 10.5 Å². The van der Waals surface area contributed by atoms with E-state index >= 15 is 0 Å². The van der Waals surface area contributed by atoms with E-state index in [1.165, 1.54) is 6.07 Å². The average molecular weight is 307 g/mol. The fourth-order valence-corrected chi connectivity index (χ4v) is 3.24. The maximum Gasteiger partial charge on any atom is 0.242 e. The normalized spacial score (nSPS) is 13.7. The number of nitrogens with zero attached hydrogens (tertiary/aromatic N) is 1. The van der Waals surface area contributed by atoms with Crippen molar-refractivity contribution in [2.75, 3.05) is 12.3 Å².